The lowest BCUT2D eigenvalue weighted by atomic mass is 10.2. The summed E-state index contributed by atoms with van der Waals surface area (Å²) in [5, 5.41) is 12.0. The molecule has 1 fully saturated rings. The second kappa shape index (κ2) is 7.21. The number of nitrogens with zero attached hydrogens (tertiary/aromatic N) is 1. The number of aromatic carboxylic acids is 1. The SMILES string of the molecule is O=C(O)c1cc(NCCCN2CCOCC2)ccc1F. The van der Waals surface area contributed by atoms with Crippen LogP contribution in [0.2, 0.25) is 0 Å². The monoisotopic (exact) mass is 282 g/mol. The van der Waals surface area contributed by atoms with Crippen molar-refractivity contribution in [2.24, 2.45) is 0 Å². The highest BCUT2D eigenvalue weighted by Gasteiger charge is 2.11. The highest BCUT2D eigenvalue weighted by atomic mass is 19.1. The molecule has 20 heavy (non-hydrogen) atoms. The minimum Gasteiger partial charge on any atom is -0.478 e. The largest absolute Gasteiger partial charge is 0.478 e. The third-order valence-electron chi connectivity index (χ3n) is 3.28. The molecule has 1 saturated heterocycles. The van der Waals surface area contributed by atoms with Crippen molar-refractivity contribution in [1.82, 2.24) is 4.90 Å². The number of carboxylic acid groups (broad SMARTS) is 1. The van der Waals surface area contributed by atoms with E-state index in [9.17, 15) is 9.18 Å². The van der Waals surface area contributed by atoms with Crippen LogP contribution in [-0.4, -0.2) is 55.4 Å². The van der Waals surface area contributed by atoms with Gasteiger partial charge in [0.1, 0.15) is 5.82 Å². The number of hydrogen-bond donors (Lipinski definition) is 2. The van der Waals surface area contributed by atoms with E-state index in [-0.39, 0.29) is 5.56 Å². The highest BCUT2D eigenvalue weighted by Crippen LogP contribution is 2.14. The molecule has 0 bridgehead atoms. The zero-order chi connectivity index (χ0) is 14.4. The minimum atomic E-state index is -1.25. The maximum Gasteiger partial charge on any atom is 0.338 e. The molecular formula is C14H19FN2O3. The number of nitrogens with one attached hydrogen (secondary N) is 1. The van der Waals surface area contributed by atoms with Crippen molar-refractivity contribution in [2.75, 3.05) is 44.7 Å². The number of halogens is 1. The highest BCUT2D eigenvalue weighted by molar-refractivity contribution is 5.89. The molecule has 110 valence electrons. The fourth-order valence-electron chi connectivity index (χ4n) is 2.16. The first-order valence-electron chi connectivity index (χ1n) is 6.73. The van der Waals surface area contributed by atoms with Gasteiger partial charge in [-0.25, -0.2) is 9.18 Å². The van der Waals surface area contributed by atoms with Gasteiger partial charge in [0.2, 0.25) is 0 Å². The number of morpholine rings is 1. The standard InChI is InChI=1S/C14H19FN2O3/c15-13-3-2-11(10-12(13)14(18)19)16-4-1-5-17-6-8-20-9-7-17/h2-3,10,16H,1,4-9H2,(H,18,19). The smallest absolute Gasteiger partial charge is 0.338 e. The van der Waals surface area contributed by atoms with Crippen LogP contribution in [0.4, 0.5) is 10.1 Å². The molecule has 1 aromatic carbocycles. The molecule has 0 saturated carbocycles. The fourth-order valence-corrected chi connectivity index (χ4v) is 2.16. The van der Waals surface area contributed by atoms with Crippen LogP contribution in [0, 0.1) is 5.82 Å². The Bertz CT molecular complexity index is 462. The van der Waals surface area contributed by atoms with Gasteiger partial charge < -0.3 is 15.2 Å². The summed E-state index contributed by atoms with van der Waals surface area (Å²) in [6.07, 6.45) is 0.944. The second-order valence-corrected chi connectivity index (χ2v) is 4.73. The van der Waals surface area contributed by atoms with Crippen LogP contribution >= 0.6 is 0 Å². The lowest BCUT2D eigenvalue weighted by molar-refractivity contribution is 0.0378. The molecular weight excluding hydrogens is 263 g/mol. The Hall–Kier alpha value is -1.66. The quantitative estimate of drug-likeness (QED) is 0.777. The first kappa shape index (κ1) is 14.7. The molecule has 2 rings (SSSR count). The number of ether oxygens (including phenoxy) is 1. The molecule has 0 aromatic heterocycles. The summed E-state index contributed by atoms with van der Waals surface area (Å²) in [6, 6.07) is 4.05. The van der Waals surface area contributed by atoms with Gasteiger partial charge in [0, 0.05) is 25.3 Å². The average molecular weight is 282 g/mol. The van der Waals surface area contributed by atoms with Crippen LogP contribution in [0.3, 0.4) is 0 Å². The number of hydrogen-bond acceptors (Lipinski definition) is 4. The van der Waals surface area contributed by atoms with Crippen LogP contribution in [0.1, 0.15) is 16.8 Å². The predicted octanol–water partition coefficient (Wildman–Crippen LogP) is 1.66. The lowest BCUT2D eigenvalue weighted by Gasteiger charge is -2.26. The van der Waals surface area contributed by atoms with Gasteiger partial charge in [0.05, 0.1) is 18.8 Å². The summed E-state index contributed by atoms with van der Waals surface area (Å²) in [4.78, 5) is 13.2. The van der Waals surface area contributed by atoms with Crippen LogP contribution in [0.15, 0.2) is 18.2 Å². The topological polar surface area (TPSA) is 61.8 Å². The van der Waals surface area contributed by atoms with Crippen molar-refractivity contribution in [2.45, 2.75) is 6.42 Å². The Morgan fingerprint density at radius 1 is 1.40 bits per heavy atom. The summed E-state index contributed by atoms with van der Waals surface area (Å²) < 4.78 is 18.5. The van der Waals surface area contributed by atoms with Crippen LogP contribution < -0.4 is 5.32 Å². The van der Waals surface area contributed by atoms with Gasteiger partial charge in [-0.3, -0.25) is 4.90 Å². The number of carboxylic acids is 1. The van der Waals surface area contributed by atoms with Crippen molar-refractivity contribution >= 4 is 11.7 Å². The lowest BCUT2D eigenvalue weighted by Crippen LogP contribution is -2.37. The Morgan fingerprint density at radius 3 is 2.85 bits per heavy atom. The molecule has 1 heterocycles. The summed E-state index contributed by atoms with van der Waals surface area (Å²) >= 11 is 0. The van der Waals surface area contributed by atoms with E-state index in [1.807, 2.05) is 0 Å². The molecule has 0 radical (unpaired) electrons. The van der Waals surface area contributed by atoms with Crippen LogP contribution in [0.25, 0.3) is 0 Å². The van der Waals surface area contributed by atoms with Gasteiger partial charge in [-0.05, 0) is 31.2 Å². The third-order valence-corrected chi connectivity index (χ3v) is 3.28. The molecule has 0 amide bonds. The maximum absolute atomic E-state index is 13.2. The first-order valence-corrected chi connectivity index (χ1v) is 6.73. The van der Waals surface area contributed by atoms with E-state index in [4.69, 9.17) is 9.84 Å². The number of benzene rings is 1. The van der Waals surface area contributed by atoms with Crippen molar-refractivity contribution < 1.29 is 19.0 Å². The van der Waals surface area contributed by atoms with Crippen molar-refractivity contribution in [3.8, 4) is 0 Å². The number of rotatable bonds is 6. The van der Waals surface area contributed by atoms with E-state index in [0.29, 0.717) is 5.69 Å². The Balaban J connectivity index is 1.76. The zero-order valence-corrected chi connectivity index (χ0v) is 11.3. The number of anilines is 1. The molecule has 2 N–H and O–H groups in total. The Morgan fingerprint density at radius 2 is 2.15 bits per heavy atom. The van der Waals surface area contributed by atoms with Crippen molar-refractivity contribution in [3.63, 3.8) is 0 Å². The van der Waals surface area contributed by atoms with Gasteiger partial charge in [-0.2, -0.15) is 0 Å². The molecule has 0 spiro atoms. The summed E-state index contributed by atoms with van der Waals surface area (Å²) in [6.45, 7) is 5.19. The molecule has 1 aliphatic heterocycles. The molecule has 0 atom stereocenters. The second-order valence-electron chi connectivity index (χ2n) is 4.73. The maximum atomic E-state index is 13.2. The van der Waals surface area contributed by atoms with Crippen LogP contribution in [0.5, 0.6) is 0 Å². The van der Waals surface area contributed by atoms with Crippen molar-refractivity contribution in [3.05, 3.63) is 29.6 Å². The average Bonchev–Trinajstić information content (AvgIpc) is 2.46. The summed E-state index contributed by atoms with van der Waals surface area (Å²) in [5.41, 5.74) is 0.328. The molecule has 5 nitrogen and oxygen atoms in total. The van der Waals surface area contributed by atoms with Crippen molar-refractivity contribution in [1.29, 1.82) is 0 Å². The molecule has 0 unspecified atom stereocenters. The Kier molecular flexibility index (Phi) is 5.31. The molecule has 6 heteroatoms. The predicted molar refractivity (Wildman–Crippen MR) is 73.7 cm³/mol. The Labute approximate surface area is 117 Å². The van der Waals surface area contributed by atoms with Gasteiger partial charge in [0.25, 0.3) is 0 Å². The van der Waals surface area contributed by atoms with E-state index >= 15 is 0 Å². The van der Waals surface area contributed by atoms with E-state index in [2.05, 4.69) is 10.2 Å². The first-order chi connectivity index (χ1) is 9.66. The van der Waals surface area contributed by atoms with E-state index in [1.165, 1.54) is 12.1 Å². The molecule has 1 aromatic rings. The van der Waals surface area contributed by atoms with E-state index in [0.717, 1.165) is 45.8 Å². The fraction of sp³-hybridized carbons (Fsp3) is 0.500. The normalized spacial score (nSPS) is 16.1. The zero-order valence-electron chi connectivity index (χ0n) is 11.3. The van der Waals surface area contributed by atoms with Gasteiger partial charge >= 0.3 is 5.97 Å². The molecule has 0 aliphatic carbocycles. The summed E-state index contributed by atoms with van der Waals surface area (Å²) in [5.74, 6) is -1.96. The third kappa shape index (κ3) is 4.18. The van der Waals surface area contributed by atoms with Gasteiger partial charge in [0.15, 0.2) is 0 Å². The number of carbonyl (C=O) groups is 1. The van der Waals surface area contributed by atoms with Gasteiger partial charge in [-0.15, -0.1) is 0 Å². The molecule has 1 aliphatic rings. The van der Waals surface area contributed by atoms with Gasteiger partial charge in [-0.1, -0.05) is 0 Å². The summed E-state index contributed by atoms with van der Waals surface area (Å²) in [7, 11) is 0. The van der Waals surface area contributed by atoms with E-state index < -0.39 is 11.8 Å². The van der Waals surface area contributed by atoms with E-state index in [1.54, 1.807) is 6.07 Å². The van der Waals surface area contributed by atoms with Crippen LogP contribution in [-0.2, 0) is 4.74 Å². The minimum absolute atomic E-state index is 0.303.